The highest BCUT2D eigenvalue weighted by Gasteiger charge is 2.20. The molecule has 148 valence electrons. The maximum absolute atomic E-state index is 13.0. The highest BCUT2D eigenvalue weighted by atomic mass is 32.1. The number of fused-ring (bicyclic) bond motifs is 2. The number of thiazole rings is 1. The third kappa shape index (κ3) is 3.30. The molecule has 1 N–H and O–H groups in total. The smallest absolute Gasteiger partial charge is 0.262 e. The second-order valence-electron chi connectivity index (χ2n) is 6.80. The van der Waals surface area contributed by atoms with Gasteiger partial charge in [0, 0.05) is 4.88 Å². The van der Waals surface area contributed by atoms with Crippen LogP contribution in [0.15, 0.2) is 71.8 Å². The molecule has 8 heteroatoms. The van der Waals surface area contributed by atoms with Crippen molar-refractivity contribution in [3.8, 4) is 10.4 Å². The third-order valence-electron chi connectivity index (χ3n) is 4.86. The Morgan fingerprint density at radius 3 is 2.63 bits per heavy atom. The maximum atomic E-state index is 13.0. The summed E-state index contributed by atoms with van der Waals surface area (Å²) in [6.07, 6.45) is 1.44. The number of para-hydroxylation sites is 1. The number of thiophene rings is 1. The summed E-state index contributed by atoms with van der Waals surface area (Å²) in [6.45, 7) is 1.68. The van der Waals surface area contributed by atoms with Crippen molar-refractivity contribution in [1.29, 1.82) is 0 Å². The number of carbonyl (C=O) groups is 1. The number of aromatic nitrogens is 3. The topological polar surface area (TPSA) is 76.9 Å². The minimum Gasteiger partial charge on any atom is -0.300 e. The lowest BCUT2D eigenvalue weighted by Crippen LogP contribution is -2.31. The van der Waals surface area contributed by atoms with Crippen LogP contribution in [-0.2, 0) is 4.79 Å². The van der Waals surface area contributed by atoms with Crippen molar-refractivity contribution in [3.05, 3.63) is 77.3 Å². The van der Waals surface area contributed by atoms with Crippen LogP contribution in [0.4, 0.5) is 5.13 Å². The molecule has 0 radical (unpaired) electrons. The SMILES string of the molecule is CC(C(=O)Nc1nc2ccccc2s1)n1cnc2sc(-c3ccccc3)cc2c1=O. The summed E-state index contributed by atoms with van der Waals surface area (Å²) in [5.41, 5.74) is 1.64. The summed E-state index contributed by atoms with van der Waals surface area (Å²) in [4.78, 5) is 36.3. The van der Waals surface area contributed by atoms with Gasteiger partial charge < -0.3 is 5.32 Å². The number of benzene rings is 2. The zero-order valence-corrected chi connectivity index (χ0v) is 17.5. The van der Waals surface area contributed by atoms with Crippen molar-refractivity contribution >= 4 is 54.1 Å². The molecule has 0 aliphatic rings. The number of hydrogen-bond acceptors (Lipinski definition) is 6. The van der Waals surface area contributed by atoms with Gasteiger partial charge >= 0.3 is 0 Å². The highest BCUT2D eigenvalue weighted by Crippen LogP contribution is 2.31. The van der Waals surface area contributed by atoms with Gasteiger partial charge in [-0.05, 0) is 30.7 Å². The Kier molecular flexibility index (Phi) is 4.65. The molecule has 3 aromatic heterocycles. The van der Waals surface area contributed by atoms with Gasteiger partial charge in [-0.1, -0.05) is 53.8 Å². The van der Waals surface area contributed by atoms with Gasteiger partial charge in [-0.3, -0.25) is 14.2 Å². The van der Waals surface area contributed by atoms with E-state index in [0.29, 0.717) is 15.3 Å². The predicted octanol–water partition coefficient (Wildman–Crippen LogP) is 4.93. The van der Waals surface area contributed by atoms with Crippen LogP contribution in [0.25, 0.3) is 30.9 Å². The van der Waals surface area contributed by atoms with E-state index in [1.807, 2.05) is 60.7 Å². The average Bonchev–Trinajstić information content (AvgIpc) is 3.38. The number of hydrogen-bond donors (Lipinski definition) is 1. The number of rotatable bonds is 4. The number of carbonyl (C=O) groups excluding carboxylic acids is 1. The Morgan fingerprint density at radius 1 is 1.07 bits per heavy atom. The molecular formula is C22H16N4O2S2. The van der Waals surface area contributed by atoms with E-state index in [4.69, 9.17) is 0 Å². The summed E-state index contributed by atoms with van der Waals surface area (Å²) < 4.78 is 2.36. The van der Waals surface area contributed by atoms with Crippen molar-refractivity contribution in [2.45, 2.75) is 13.0 Å². The molecular weight excluding hydrogens is 416 g/mol. The Hall–Kier alpha value is -3.36. The first-order chi connectivity index (χ1) is 14.6. The Bertz CT molecular complexity index is 1400. The van der Waals surface area contributed by atoms with E-state index in [1.54, 1.807) is 6.92 Å². The highest BCUT2D eigenvalue weighted by molar-refractivity contribution is 7.22. The first kappa shape index (κ1) is 18.7. The summed E-state index contributed by atoms with van der Waals surface area (Å²) in [6, 6.07) is 18.7. The summed E-state index contributed by atoms with van der Waals surface area (Å²) >= 11 is 2.87. The summed E-state index contributed by atoms with van der Waals surface area (Å²) in [5.74, 6) is -0.309. The fourth-order valence-electron chi connectivity index (χ4n) is 3.22. The van der Waals surface area contributed by atoms with E-state index in [-0.39, 0.29) is 11.5 Å². The Balaban J connectivity index is 1.45. The van der Waals surface area contributed by atoms with E-state index in [9.17, 15) is 9.59 Å². The quantitative estimate of drug-likeness (QED) is 0.437. The molecule has 1 atom stereocenters. The van der Waals surface area contributed by atoms with Crippen LogP contribution in [0.5, 0.6) is 0 Å². The molecule has 0 fully saturated rings. The van der Waals surface area contributed by atoms with Crippen LogP contribution in [0, 0.1) is 0 Å². The first-order valence-electron chi connectivity index (χ1n) is 9.33. The van der Waals surface area contributed by atoms with Crippen LogP contribution in [0.2, 0.25) is 0 Å². The third-order valence-corrected chi connectivity index (χ3v) is 6.90. The van der Waals surface area contributed by atoms with Gasteiger partial charge in [0.15, 0.2) is 5.13 Å². The van der Waals surface area contributed by atoms with E-state index in [0.717, 1.165) is 20.7 Å². The molecule has 3 heterocycles. The van der Waals surface area contributed by atoms with Crippen molar-refractivity contribution in [1.82, 2.24) is 14.5 Å². The molecule has 6 nitrogen and oxygen atoms in total. The van der Waals surface area contributed by atoms with E-state index < -0.39 is 6.04 Å². The molecule has 0 spiro atoms. The molecule has 30 heavy (non-hydrogen) atoms. The van der Waals surface area contributed by atoms with E-state index >= 15 is 0 Å². The van der Waals surface area contributed by atoms with Crippen LogP contribution >= 0.6 is 22.7 Å². The molecule has 5 aromatic rings. The minimum absolute atomic E-state index is 0.231. The van der Waals surface area contributed by atoms with Gasteiger partial charge in [0.05, 0.1) is 21.9 Å². The second-order valence-corrected chi connectivity index (χ2v) is 8.87. The number of amides is 1. The predicted molar refractivity (Wildman–Crippen MR) is 122 cm³/mol. The van der Waals surface area contributed by atoms with Crippen LogP contribution < -0.4 is 10.9 Å². The zero-order chi connectivity index (χ0) is 20.7. The van der Waals surface area contributed by atoms with E-state index in [1.165, 1.54) is 33.6 Å². The summed E-state index contributed by atoms with van der Waals surface area (Å²) in [7, 11) is 0. The van der Waals surface area contributed by atoms with Gasteiger partial charge in [0.2, 0.25) is 5.91 Å². The lowest BCUT2D eigenvalue weighted by Gasteiger charge is -2.13. The normalized spacial score (nSPS) is 12.3. The van der Waals surface area contributed by atoms with Crippen molar-refractivity contribution in [2.75, 3.05) is 5.32 Å². The maximum Gasteiger partial charge on any atom is 0.262 e. The number of nitrogens with zero attached hydrogens (tertiary/aromatic N) is 3. The summed E-state index contributed by atoms with van der Waals surface area (Å²) in [5, 5.41) is 3.85. The van der Waals surface area contributed by atoms with Gasteiger partial charge in [0.1, 0.15) is 10.9 Å². The molecule has 0 aliphatic heterocycles. The number of anilines is 1. The van der Waals surface area contributed by atoms with Gasteiger partial charge in [-0.25, -0.2) is 9.97 Å². The molecule has 0 saturated carbocycles. The molecule has 1 amide bonds. The second kappa shape index (κ2) is 7.47. The van der Waals surface area contributed by atoms with Gasteiger partial charge in [-0.15, -0.1) is 11.3 Å². The molecule has 1 unspecified atom stereocenters. The van der Waals surface area contributed by atoms with Crippen molar-refractivity contribution in [2.24, 2.45) is 0 Å². The first-order valence-corrected chi connectivity index (χ1v) is 11.0. The van der Waals surface area contributed by atoms with E-state index in [2.05, 4.69) is 15.3 Å². The lowest BCUT2D eigenvalue weighted by molar-refractivity contribution is -0.118. The average molecular weight is 433 g/mol. The Labute approximate surface area is 179 Å². The lowest BCUT2D eigenvalue weighted by atomic mass is 10.2. The molecule has 0 aliphatic carbocycles. The van der Waals surface area contributed by atoms with Crippen LogP contribution in [0.1, 0.15) is 13.0 Å². The van der Waals surface area contributed by atoms with Gasteiger partial charge in [0.25, 0.3) is 5.56 Å². The molecule has 5 rings (SSSR count). The monoisotopic (exact) mass is 432 g/mol. The zero-order valence-electron chi connectivity index (χ0n) is 15.9. The van der Waals surface area contributed by atoms with Crippen molar-refractivity contribution < 1.29 is 4.79 Å². The molecule has 2 aromatic carbocycles. The fourth-order valence-corrected chi connectivity index (χ4v) is 5.08. The van der Waals surface area contributed by atoms with Crippen LogP contribution in [0.3, 0.4) is 0 Å². The fraction of sp³-hybridized carbons (Fsp3) is 0.0909. The molecule has 0 bridgehead atoms. The van der Waals surface area contributed by atoms with Crippen molar-refractivity contribution in [3.63, 3.8) is 0 Å². The largest absolute Gasteiger partial charge is 0.300 e. The van der Waals surface area contributed by atoms with Gasteiger partial charge in [-0.2, -0.15) is 0 Å². The Morgan fingerprint density at radius 2 is 1.83 bits per heavy atom. The standard InChI is InChI=1S/C22H16N4O2S2/c1-13(19(27)25-22-24-16-9-5-6-10-17(16)30-22)26-12-23-20-15(21(26)28)11-18(29-20)14-7-3-2-4-8-14/h2-13H,1H3,(H,24,25,27). The minimum atomic E-state index is -0.721. The molecule has 0 saturated heterocycles. The number of nitrogens with one attached hydrogen (secondary N) is 1. The van der Waals surface area contributed by atoms with Crippen LogP contribution in [-0.4, -0.2) is 20.4 Å².